The number of allylic oxidation sites excluding steroid dienone is 4. The monoisotopic (exact) mass is 720 g/mol. The molecule has 2 aliphatic rings. The predicted octanol–water partition coefficient (Wildman–Crippen LogP) is 14.3. The number of aliphatic imine (C=N–C) groups is 2. The second-order valence-electron chi connectivity index (χ2n) is 15.1. The maximum absolute atomic E-state index is 5.28. The molecular weight excluding hydrogens is 677 g/mol. The van der Waals surface area contributed by atoms with E-state index in [9.17, 15) is 0 Å². The molecule has 56 heavy (non-hydrogen) atoms. The van der Waals surface area contributed by atoms with Crippen LogP contribution >= 0.6 is 0 Å². The Hall–Kier alpha value is -6.64. The van der Waals surface area contributed by atoms with Crippen LogP contribution in [-0.4, -0.2) is 11.5 Å². The minimum atomic E-state index is 0.634. The zero-order chi connectivity index (χ0) is 38.2. The SMILES string of the molecule is C=C(N=C(N=C(C)c1cc(-c2ccccc2)cc(-c2ccccc2-c2ccc3c4c(cccc24)C2=C3C=CCCC2)c1)c1ccc(C)cc1)c1ccc(C)cc1. The Balaban J connectivity index is 1.19. The summed E-state index contributed by atoms with van der Waals surface area (Å²) in [5.41, 5.74) is 19.7. The minimum Gasteiger partial charge on any atom is -0.233 e. The first-order valence-corrected chi connectivity index (χ1v) is 19.6. The van der Waals surface area contributed by atoms with Gasteiger partial charge in [0, 0.05) is 11.3 Å². The normalized spacial score (nSPS) is 13.9. The number of hydrogen-bond donors (Lipinski definition) is 0. The summed E-state index contributed by atoms with van der Waals surface area (Å²) in [6.07, 6.45) is 8.16. The highest BCUT2D eigenvalue weighted by molar-refractivity contribution is 6.19. The third-order valence-corrected chi connectivity index (χ3v) is 11.3. The van der Waals surface area contributed by atoms with Crippen molar-refractivity contribution in [3.05, 3.63) is 209 Å². The van der Waals surface area contributed by atoms with E-state index < -0.39 is 0 Å². The highest BCUT2D eigenvalue weighted by atomic mass is 14.9. The molecular formula is C54H44N2. The van der Waals surface area contributed by atoms with Crippen LogP contribution in [0.4, 0.5) is 0 Å². The molecule has 0 atom stereocenters. The molecule has 0 heterocycles. The molecule has 270 valence electrons. The van der Waals surface area contributed by atoms with Crippen LogP contribution in [0.25, 0.3) is 61.0 Å². The van der Waals surface area contributed by atoms with Crippen LogP contribution in [0.1, 0.15) is 65.1 Å². The zero-order valence-electron chi connectivity index (χ0n) is 32.3. The molecule has 7 aromatic rings. The van der Waals surface area contributed by atoms with Crippen molar-refractivity contribution in [1.29, 1.82) is 0 Å². The highest BCUT2D eigenvalue weighted by Crippen LogP contribution is 2.49. The molecule has 0 amide bonds. The fraction of sp³-hybridized carbons (Fsp3) is 0.111. The molecule has 2 nitrogen and oxygen atoms in total. The Morgan fingerprint density at radius 2 is 1.20 bits per heavy atom. The van der Waals surface area contributed by atoms with Gasteiger partial charge in [0.05, 0.1) is 5.70 Å². The molecule has 0 saturated carbocycles. The van der Waals surface area contributed by atoms with E-state index in [0.717, 1.165) is 51.9 Å². The molecule has 0 aromatic heterocycles. The molecule has 0 bridgehead atoms. The lowest BCUT2D eigenvalue weighted by Gasteiger charge is -2.17. The Bertz CT molecular complexity index is 2770. The quantitative estimate of drug-likeness (QED) is 0.116. The molecule has 0 spiro atoms. The second kappa shape index (κ2) is 14.9. The van der Waals surface area contributed by atoms with Gasteiger partial charge in [-0.25, -0.2) is 9.98 Å². The van der Waals surface area contributed by atoms with Gasteiger partial charge >= 0.3 is 0 Å². The number of nitrogens with zero attached hydrogens (tertiary/aromatic N) is 2. The van der Waals surface area contributed by atoms with E-state index in [4.69, 9.17) is 9.98 Å². The average molecular weight is 721 g/mol. The number of hydrogen-bond acceptors (Lipinski definition) is 1. The van der Waals surface area contributed by atoms with Crippen LogP contribution in [0.2, 0.25) is 0 Å². The van der Waals surface area contributed by atoms with Gasteiger partial charge in [-0.3, -0.25) is 0 Å². The number of aryl methyl sites for hydroxylation is 2. The molecule has 0 radical (unpaired) electrons. The van der Waals surface area contributed by atoms with Crippen molar-refractivity contribution in [2.24, 2.45) is 9.98 Å². The lowest BCUT2D eigenvalue weighted by molar-refractivity contribution is 0.888. The van der Waals surface area contributed by atoms with Crippen molar-refractivity contribution in [1.82, 2.24) is 0 Å². The van der Waals surface area contributed by atoms with E-state index >= 15 is 0 Å². The summed E-state index contributed by atoms with van der Waals surface area (Å²) in [4.78, 5) is 10.3. The Kier molecular flexibility index (Phi) is 9.33. The Morgan fingerprint density at radius 1 is 0.536 bits per heavy atom. The number of amidine groups is 1. The van der Waals surface area contributed by atoms with E-state index in [1.54, 1.807) is 0 Å². The van der Waals surface area contributed by atoms with Crippen molar-refractivity contribution < 1.29 is 0 Å². The fourth-order valence-electron chi connectivity index (χ4n) is 8.26. The van der Waals surface area contributed by atoms with E-state index in [-0.39, 0.29) is 0 Å². The standard InChI is InChI=1S/C54H44N2/c1-35-22-26-39(27-23-35)37(3)55-54(41-28-24-36(2)25-29-41)56-38(4)42-32-43(40-14-7-5-8-15-40)34-44(33-42)45-16-11-12-19-46(45)49-30-31-52-48-18-10-6-9-17-47(48)50-20-13-21-51(49)53(50)52/h5,7-8,10-16,18-34H,3,6,9,17H2,1-2,4H3. The van der Waals surface area contributed by atoms with Crippen LogP contribution in [0.15, 0.2) is 180 Å². The molecule has 0 N–H and O–H groups in total. The van der Waals surface area contributed by atoms with Crippen LogP contribution in [0.3, 0.4) is 0 Å². The van der Waals surface area contributed by atoms with E-state index in [0.29, 0.717) is 11.5 Å². The number of fused-ring (bicyclic) bond motifs is 2. The number of rotatable bonds is 7. The van der Waals surface area contributed by atoms with Gasteiger partial charge < -0.3 is 0 Å². The third-order valence-electron chi connectivity index (χ3n) is 11.3. The van der Waals surface area contributed by atoms with Gasteiger partial charge in [0.2, 0.25) is 0 Å². The maximum Gasteiger partial charge on any atom is 0.160 e. The summed E-state index contributed by atoms with van der Waals surface area (Å²) in [6.45, 7) is 10.6. The van der Waals surface area contributed by atoms with Gasteiger partial charge in [0.25, 0.3) is 0 Å². The van der Waals surface area contributed by atoms with E-state index in [1.807, 2.05) is 0 Å². The van der Waals surface area contributed by atoms with Crippen LogP contribution in [0, 0.1) is 13.8 Å². The molecule has 7 aromatic carbocycles. The number of benzene rings is 7. The molecule has 0 fully saturated rings. The first-order chi connectivity index (χ1) is 27.4. The van der Waals surface area contributed by atoms with Crippen molar-refractivity contribution >= 4 is 39.2 Å². The maximum atomic E-state index is 5.28. The molecule has 0 unspecified atom stereocenters. The van der Waals surface area contributed by atoms with Gasteiger partial charge in [-0.05, 0) is 136 Å². The third kappa shape index (κ3) is 6.69. The molecule has 0 aliphatic heterocycles. The highest BCUT2D eigenvalue weighted by Gasteiger charge is 2.25. The molecule has 0 saturated heterocycles. The predicted molar refractivity (Wildman–Crippen MR) is 240 cm³/mol. The van der Waals surface area contributed by atoms with Gasteiger partial charge in [0.15, 0.2) is 5.84 Å². The van der Waals surface area contributed by atoms with E-state index in [2.05, 4.69) is 191 Å². The van der Waals surface area contributed by atoms with Gasteiger partial charge in [-0.15, -0.1) is 0 Å². The smallest absolute Gasteiger partial charge is 0.160 e. The van der Waals surface area contributed by atoms with Crippen molar-refractivity contribution in [2.75, 3.05) is 0 Å². The first kappa shape index (κ1) is 35.1. The average Bonchev–Trinajstić information content (AvgIpc) is 3.35. The minimum absolute atomic E-state index is 0.634. The Morgan fingerprint density at radius 3 is 1.96 bits per heavy atom. The summed E-state index contributed by atoms with van der Waals surface area (Å²) in [5.74, 6) is 0.634. The summed E-state index contributed by atoms with van der Waals surface area (Å²) < 4.78 is 0. The molecule has 9 rings (SSSR count). The summed E-state index contributed by atoms with van der Waals surface area (Å²) >= 11 is 0. The lowest BCUT2D eigenvalue weighted by atomic mass is 9.87. The zero-order valence-corrected chi connectivity index (χ0v) is 32.3. The van der Waals surface area contributed by atoms with E-state index in [1.165, 1.54) is 67.3 Å². The summed E-state index contributed by atoms with van der Waals surface area (Å²) in [7, 11) is 0. The fourth-order valence-corrected chi connectivity index (χ4v) is 8.26. The van der Waals surface area contributed by atoms with Crippen molar-refractivity contribution in [2.45, 2.75) is 40.0 Å². The van der Waals surface area contributed by atoms with Crippen molar-refractivity contribution in [3.8, 4) is 33.4 Å². The largest absolute Gasteiger partial charge is 0.233 e. The van der Waals surface area contributed by atoms with Crippen LogP contribution in [0.5, 0.6) is 0 Å². The lowest BCUT2D eigenvalue weighted by Crippen LogP contribution is -2.05. The van der Waals surface area contributed by atoms with Crippen molar-refractivity contribution in [3.63, 3.8) is 0 Å². The topological polar surface area (TPSA) is 24.7 Å². The van der Waals surface area contributed by atoms with Gasteiger partial charge in [-0.2, -0.15) is 0 Å². The molecule has 2 heteroatoms. The van der Waals surface area contributed by atoms with Gasteiger partial charge in [0.1, 0.15) is 0 Å². The molecule has 2 aliphatic carbocycles. The van der Waals surface area contributed by atoms with Gasteiger partial charge in [-0.1, -0.05) is 163 Å². The summed E-state index contributed by atoms with van der Waals surface area (Å²) in [6, 6.07) is 54.7. The summed E-state index contributed by atoms with van der Waals surface area (Å²) in [5, 5.41) is 2.69. The second-order valence-corrected chi connectivity index (χ2v) is 15.1. The van der Waals surface area contributed by atoms with Crippen LogP contribution in [-0.2, 0) is 0 Å². The first-order valence-electron chi connectivity index (χ1n) is 19.6. The van der Waals surface area contributed by atoms with Crippen LogP contribution < -0.4 is 0 Å². The Labute approximate surface area is 330 Å².